The average Bonchev–Trinajstić information content (AvgIpc) is 2.91. The first-order valence-corrected chi connectivity index (χ1v) is 14.6. The van der Waals surface area contributed by atoms with Gasteiger partial charge in [-0.2, -0.15) is 0 Å². The molecule has 2 unspecified atom stereocenters. The fraction of sp³-hybridized carbons (Fsp3) is 0.471. The van der Waals surface area contributed by atoms with Crippen molar-refractivity contribution in [2.45, 2.75) is 77.4 Å². The van der Waals surface area contributed by atoms with Crippen molar-refractivity contribution in [3.8, 4) is 16.9 Å². The second-order valence-electron chi connectivity index (χ2n) is 12.3. The Bertz CT molecular complexity index is 1340. The predicted molar refractivity (Wildman–Crippen MR) is 152 cm³/mol. The van der Waals surface area contributed by atoms with Crippen molar-refractivity contribution in [2.75, 3.05) is 0 Å². The molecule has 5 nitrogen and oxygen atoms in total. The van der Waals surface area contributed by atoms with Gasteiger partial charge >= 0.3 is 11.9 Å². The largest absolute Gasteiger partial charge is 0.479 e. The summed E-state index contributed by atoms with van der Waals surface area (Å²) >= 11 is 0. The highest BCUT2D eigenvalue weighted by atomic mass is 16.6. The van der Waals surface area contributed by atoms with E-state index in [2.05, 4.69) is 13.8 Å². The number of ether oxygens (including phenoxy) is 2. The molecule has 0 saturated heterocycles. The third kappa shape index (κ3) is 5.04. The molecule has 0 aromatic heterocycles. The summed E-state index contributed by atoms with van der Waals surface area (Å²) in [5, 5.41) is 11.3. The SMILES string of the molecule is CCCC(Oc1ccc2cccc(-c3ccc(C(=O)O)cc3)c2c1)C(=O)OC(C)C12CC3CC(CC(C3)C1)C2. The number of hydrogen-bond acceptors (Lipinski definition) is 4. The van der Waals surface area contributed by atoms with Crippen molar-refractivity contribution in [1.29, 1.82) is 0 Å². The lowest BCUT2D eigenvalue weighted by Crippen LogP contribution is -2.52. The molecule has 3 aromatic carbocycles. The van der Waals surface area contributed by atoms with Gasteiger partial charge in [-0.05, 0) is 116 Å². The molecule has 0 spiro atoms. The molecule has 204 valence electrons. The highest BCUT2D eigenvalue weighted by Gasteiger charge is 2.54. The minimum atomic E-state index is -0.943. The molecule has 4 bridgehead atoms. The molecule has 39 heavy (non-hydrogen) atoms. The summed E-state index contributed by atoms with van der Waals surface area (Å²) in [5.41, 5.74) is 2.32. The van der Waals surface area contributed by atoms with Gasteiger partial charge in [-0.25, -0.2) is 9.59 Å². The van der Waals surface area contributed by atoms with E-state index in [1.54, 1.807) is 12.1 Å². The molecule has 5 heteroatoms. The molecular weight excluding hydrogens is 488 g/mol. The molecular formula is C34H38O5. The van der Waals surface area contributed by atoms with Gasteiger partial charge in [-0.3, -0.25) is 0 Å². The fourth-order valence-corrected chi connectivity index (χ4v) is 8.07. The fourth-order valence-electron chi connectivity index (χ4n) is 8.07. The molecule has 4 aliphatic rings. The van der Waals surface area contributed by atoms with Crippen LogP contribution in [0.3, 0.4) is 0 Å². The van der Waals surface area contributed by atoms with Gasteiger partial charge in [0.1, 0.15) is 11.9 Å². The Hall–Kier alpha value is -3.34. The van der Waals surface area contributed by atoms with Crippen molar-refractivity contribution in [3.63, 3.8) is 0 Å². The number of carboxylic acid groups (broad SMARTS) is 1. The number of carbonyl (C=O) groups is 2. The number of rotatable bonds is 9. The van der Waals surface area contributed by atoms with Crippen LogP contribution in [-0.2, 0) is 9.53 Å². The monoisotopic (exact) mass is 526 g/mol. The van der Waals surface area contributed by atoms with Gasteiger partial charge in [-0.15, -0.1) is 0 Å². The Morgan fingerprint density at radius 3 is 2.23 bits per heavy atom. The molecule has 7 rings (SSSR count). The summed E-state index contributed by atoms with van der Waals surface area (Å²) in [7, 11) is 0. The van der Waals surface area contributed by atoms with Gasteiger partial charge in [0, 0.05) is 5.41 Å². The Kier molecular flexibility index (Phi) is 6.86. The molecule has 1 N–H and O–H groups in total. The number of carbonyl (C=O) groups excluding carboxylic acids is 1. The summed E-state index contributed by atoms with van der Waals surface area (Å²) in [6.07, 6.45) is 8.40. The molecule has 0 radical (unpaired) electrons. The topological polar surface area (TPSA) is 72.8 Å². The highest BCUT2D eigenvalue weighted by Crippen LogP contribution is 2.61. The Balaban J connectivity index is 1.21. The van der Waals surface area contributed by atoms with Crippen LogP contribution in [-0.4, -0.2) is 29.3 Å². The molecule has 4 aliphatic carbocycles. The van der Waals surface area contributed by atoms with E-state index in [1.165, 1.54) is 38.5 Å². The normalized spacial score (nSPS) is 26.8. The lowest BCUT2D eigenvalue weighted by atomic mass is 9.48. The molecule has 3 aromatic rings. The van der Waals surface area contributed by atoms with Crippen LogP contribution >= 0.6 is 0 Å². The molecule has 0 aliphatic heterocycles. The van der Waals surface area contributed by atoms with E-state index in [0.29, 0.717) is 12.2 Å². The lowest BCUT2D eigenvalue weighted by Gasteiger charge is -2.58. The van der Waals surface area contributed by atoms with E-state index < -0.39 is 12.1 Å². The molecule has 4 saturated carbocycles. The number of esters is 1. The minimum absolute atomic E-state index is 0.0849. The summed E-state index contributed by atoms with van der Waals surface area (Å²) in [6.45, 7) is 4.18. The first kappa shape index (κ1) is 25.9. The number of aromatic carboxylic acids is 1. The van der Waals surface area contributed by atoms with Crippen molar-refractivity contribution < 1.29 is 24.2 Å². The second kappa shape index (κ2) is 10.3. The van der Waals surface area contributed by atoms with Gasteiger partial charge in [0.25, 0.3) is 0 Å². The van der Waals surface area contributed by atoms with Gasteiger partial charge in [0.05, 0.1) is 5.56 Å². The Morgan fingerprint density at radius 2 is 1.62 bits per heavy atom. The van der Waals surface area contributed by atoms with E-state index in [4.69, 9.17) is 9.47 Å². The van der Waals surface area contributed by atoms with Crippen molar-refractivity contribution in [3.05, 3.63) is 66.2 Å². The van der Waals surface area contributed by atoms with Crippen LogP contribution in [0, 0.1) is 23.2 Å². The van der Waals surface area contributed by atoms with Crippen LogP contribution in [0.15, 0.2) is 60.7 Å². The van der Waals surface area contributed by atoms with Crippen molar-refractivity contribution >= 4 is 22.7 Å². The maximum Gasteiger partial charge on any atom is 0.347 e. The van der Waals surface area contributed by atoms with Crippen LogP contribution in [0.1, 0.15) is 75.6 Å². The summed E-state index contributed by atoms with van der Waals surface area (Å²) in [5.74, 6) is 1.88. The zero-order valence-corrected chi connectivity index (χ0v) is 22.9. The van der Waals surface area contributed by atoms with Crippen LogP contribution in [0.4, 0.5) is 0 Å². The zero-order valence-electron chi connectivity index (χ0n) is 22.9. The van der Waals surface area contributed by atoms with Gasteiger partial charge in [0.15, 0.2) is 6.10 Å². The number of carboxylic acids is 1. The third-order valence-electron chi connectivity index (χ3n) is 9.63. The van der Waals surface area contributed by atoms with Gasteiger partial charge < -0.3 is 14.6 Å². The quantitative estimate of drug-likeness (QED) is 0.287. The van der Waals surface area contributed by atoms with Gasteiger partial charge in [-0.1, -0.05) is 49.7 Å². The Morgan fingerprint density at radius 1 is 0.949 bits per heavy atom. The lowest BCUT2D eigenvalue weighted by molar-refractivity contribution is -0.177. The molecule has 0 heterocycles. The van der Waals surface area contributed by atoms with E-state index in [9.17, 15) is 14.7 Å². The van der Waals surface area contributed by atoms with E-state index >= 15 is 0 Å². The van der Waals surface area contributed by atoms with E-state index in [0.717, 1.165) is 46.1 Å². The van der Waals surface area contributed by atoms with E-state index in [-0.39, 0.29) is 23.1 Å². The van der Waals surface area contributed by atoms with E-state index in [1.807, 2.05) is 48.5 Å². The second-order valence-corrected chi connectivity index (χ2v) is 12.3. The van der Waals surface area contributed by atoms with Crippen molar-refractivity contribution in [2.24, 2.45) is 23.2 Å². The first-order chi connectivity index (χ1) is 18.8. The van der Waals surface area contributed by atoms with Crippen LogP contribution in [0.5, 0.6) is 5.75 Å². The third-order valence-corrected chi connectivity index (χ3v) is 9.63. The highest BCUT2D eigenvalue weighted by molar-refractivity contribution is 5.98. The molecule has 2 atom stereocenters. The summed E-state index contributed by atoms with van der Waals surface area (Å²) in [6, 6.07) is 18.9. The minimum Gasteiger partial charge on any atom is -0.479 e. The maximum absolute atomic E-state index is 13.5. The van der Waals surface area contributed by atoms with Crippen LogP contribution in [0.2, 0.25) is 0 Å². The first-order valence-electron chi connectivity index (χ1n) is 14.6. The summed E-state index contributed by atoms with van der Waals surface area (Å²) in [4.78, 5) is 24.8. The maximum atomic E-state index is 13.5. The summed E-state index contributed by atoms with van der Waals surface area (Å²) < 4.78 is 12.6. The zero-order chi connectivity index (χ0) is 27.1. The van der Waals surface area contributed by atoms with Crippen molar-refractivity contribution in [1.82, 2.24) is 0 Å². The molecule has 0 amide bonds. The average molecular weight is 527 g/mol. The number of hydrogen-bond donors (Lipinski definition) is 1. The van der Waals surface area contributed by atoms with Gasteiger partial charge in [0.2, 0.25) is 0 Å². The van der Waals surface area contributed by atoms with Crippen LogP contribution < -0.4 is 4.74 Å². The predicted octanol–water partition coefficient (Wildman–Crippen LogP) is 7.90. The van der Waals surface area contributed by atoms with Crippen LogP contribution in [0.25, 0.3) is 21.9 Å². The smallest absolute Gasteiger partial charge is 0.347 e. The number of benzene rings is 3. The standard InChI is InChI=1S/C34H38O5/c1-3-5-31(33(37)38-21(2)34-18-22-14-23(19-34)16-24(15-22)20-34)39-28-13-12-25-6-4-7-29(30(25)17-28)26-8-10-27(11-9-26)32(35)36/h4,6-13,17,21-24,31H,3,5,14-16,18-20H2,1-2H3,(H,35,36). The molecule has 4 fully saturated rings. The Labute approximate surface area is 230 Å². The number of fused-ring (bicyclic) bond motifs is 1.